The molecule has 3 nitrogen and oxygen atoms in total. The Labute approximate surface area is 118 Å². The molecule has 1 amide bonds. The third-order valence-corrected chi connectivity index (χ3v) is 3.73. The van der Waals surface area contributed by atoms with E-state index in [0.717, 1.165) is 18.5 Å². The van der Waals surface area contributed by atoms with Crippen molar-refractivity contribution in [2.24, 2.45) is 0 Å². The molecular weight excluding hydrogens is 250 g/mol. The number of hydrogen-bond acceptors (Lipinski definition) is 2. The fourth-order valence-corrected chi connectivity index (χ4v) is 2.74. The second kappa shape index (κ2) is 5.00. The molecule has 0 aromatic heterocycles. The minimum atomic E-state index is -0.132. The fraction of sp³-hybridized carbons (Fsp3) is 0.235. The fourth-order valence-electron chi connectivity index (χ4n) is 2.74. The summed E-state index contributed by atoms with van der Waals surface area (Å²) in [6.45, 7) is 2.76. The van der Waals surface area contributed by atoms with Gasteiger partial charge in [-0.15, -0.1) is 0 Å². The normalized spacial score (nSPS) is 13.9. The number of rotatable bonds is 1. The number of para-hydroxylation sites is 1. The molecule has 0 saturated heterocycles. The van der Waals surface area contributed by atoms with Crippen LogP contribution in [-0.4, -0.2) is 17.6 Å². The van der Waals surface area contributed by atoms with E-state index in [-0.39, 0.29) is 11.7 Å². The number of benzene rings is 2. The summed E-state index contributed by atoms with van der Waals surface area (Å²) in [6, 6.07) is 12.9. The largest absolute Gasteiger partial charge is 0.507 e. The van der Waals surface area contributed by atoms with Crippen molar-refractivity contribution in [3.8, 4) is 5.75 Å². The zero-order valence-electron chi connectivity index (χ0n) is 11.5. The highest BCUT2D eigenvalue weighted by atomic mass is 16.3. The number of hydrogen-bond donors (Lipinski definition) is 1. The number of aromatic hydroxyl groups is 1. The zero-order valence-corrected chi connectivity index (χ0v) is 11.5. The quantitative estimate of drug-likeness (QED) is 0.861. The van der Waals surface area contributed by atoms with Crippen molar-refractivity contribution in [3.63, 3.8) is 0 Å². The molecule has 0 fully saturated rings. The molecule has 3 rings (SSSR count). The lowest BCUT2D eigenvalue weighted by Crippen LogP contribution is -2.35. The molecule has 3 heteroatoms. The molecule has 0 aliphatic carbocycles. The van der Waals surface area contributed by atoms with E-state index in [1.165, 1.54) is 11.1 Å². The highest BCUT2D eigenvalue weighted by molar-refractivity contribution is 6.08. The maximum atomic E-state index is 12.6. The van der Waals surface area contributed by atoms with Crippen LogP contribution in [0.15, 0.2) is 42.5 Å². The van der Waals surface area contributed by atoms with Gasteiger partial charge in [0.2, 0.25) is 0 Å². The van der Waals surface area contributed by atoms with Gasteiger partial charge in [-0.3, -0.25) is 4.79 Å². The molecule has 1 N–H and O–H groups in total. The number of fused-ring (bicyclic) bond motifs is 1. The van der Waals surface area contributed by atoms with Crippen molar-refractivity contribution in [1.29, 1.82) is 0 Å². The summed E-state index contributed by atoms with van der Waals surface area (Å²) in [6.07, 6.45) is 1.96. The summed E-state index contributed by atoms with van der Waals surface area (Å²) in [5.41, 5.74) is 3.75. The third-order valence-electron chi connectivity index (χ3n) is 3.73. The number of anilines is 1. The molecule has 1 heterocycles. The highest BCUT2D eigenvalue weighted by Crippen LogP contribution is 2.30. The van der Waals surface area contributed by atoms with Gasteiger partial charge in [-0.1, -0.05) is 29.8 Å². The first-order chi connectivity index (χ1) is 9.66. The lowest BCUT2D eigenvalue weighted by molar-refractivity contribution is 0.0982. The van der Waals surface area contributed by atoms with Crippen LogP contribution in [0.3, 0.4) is 0 Å². The molecule has 102 valence electrons. The van der Waals surface area contributed by atoms with E-state index in [0.29, 0.717) is 12.1 Å². The van der Waals surface area contributed by atoms with Crippen molar-refractivity contribution in [1.82, 2.24) is 0 Å². The molecule has 20 heavy (non-hydrogen) atoms. The van der Waals surface area contributed by atoms with Crippen LogP contribution < -0.4 is 4.90 Å². The van der Waals surface area contributed by atoms with E-state index in [2.05, 4.69) is 13.0 Å². The van der Waals surface area contributed by atoms with Crippen molar-refractivity contribution in [3.05, 3.63) is 59.2 Å². The zero-order chi connectivity index (χ0) is 14.1. The SMILES string of the molecule is Cc1ccc2c(c1)CCCN2C(=O)c1ccccc1O. The predicted molar refractivity (Wildman–Crippen MR) is 79.3 cm³/mol. The predicted octanol–water partition coefficient (Wildman–Crippen LogP) is 3.29. The van der Waals surface area contributed by atoms with Gasteiger partial charge in [0.15, 0.2) is 0 Å². The summed E-state index contributed by atoms with van der Waals surface area (Å²) >= 11 is 0. The maximum absolute atomic E-state index is 12.6. The van der Waals surface area contributed by atoms with E-state index >= 15 is 0 Å². The first-order valence-corrected chi connectivity index (χ1v) is 6.86. The number of phenolic OH excluding ortho intramolecular Hbond substituents is 1. The Morgan fingerprint density at radius 2 is 2.00 bits per heavy atom. The van der Waals surface area contributed by atoms with Crippen LogP contribution in [-0.2, 0) is 6.42 Å². The standard InChI is InChI=1S/C17H17NO2/c1-12-8-9-15-13(11-12)5-4-10-18(15)17(20)14-6-2-3-7-16(14)19/h2-3,6-9,11,19H,4-5,10H2,1H3. The molecule has 2 aromatic carbocycles. The van der Waals surface area contributed by atoms with Crippen LogP contribution in [0.1, 0.15) is 27.9 Å². The Kier molecular flexibility index (Phi) is 3.18. The van der Waals surface area contributed by atoms with Crippen LogP contribution in [0.25, 0.3) is 0 Å². The minimum Gasteiger partial charge on any atom is -0.507 e. The Balaban J connectivity index is 2.01. The molecule has 0 bridgehead atoms. The van der Waals surface area contributed by atoms with Crippen LogP contribution in [0, 0.1) is 6.92 Å². The van der Waals surface area contributed by atoms with Gasteiger partial charge in [-0.2, -0.15) is 0 Å². The van der Waals surface area contributed by atoms with Gasteiger partial charge in [0.1, 0.15) is 5.75 Å². The summed E-state index contributed by atoms with van der Waals surface area (Å²) < 4.78 is 0. The second-order valence-corrected chi connectivity index (χ2v) is 5.21. The van der Waals surface area contributed by atoms with Crippen molar-refractivity contribution < 1.29 is 9.90 Å². The first kappa shape index (κ1) is 12.7. The third kappa shape index (κ3) is 2.16. The molecule has 2 aromatic rings. The Morgan fingerprint density at radius 3 is 2.80 bits per heavy atom. The lowest BCUT2D eigenvalue weighted by atomic mass is 9.98. The van der Waals surface area contributed by atoms with Crippen LogP contribution >= 0.6 is 0 Å². The van der Waals surface area contributed by atoms with Gasteiger partial charge in [0.05, 0.1) is 5.56 Å². The highest BCUT2D eigenvalue weighted by Gasteiger charge is 2.24. The Bertz CT molecular complexity index is 664. The molecule has 0 atom stereocenters. The van der Waals surface area contributed by atoms with E-state index in [1.54, 1.807) is 29.2 Å². The summed E-state index contributed by atoms with van der Waals surface area (Å²) in [4.78, 5) is 14.4. The summed E-state index contributed by atoms with van der Waals surface area (Å²) in [5.74, 6) is -0.0929. The smallest absolute Gasteiger partial charge is 0.262 e. The van der Waals surface area contributed by atoms with E-state index in [1.807, 2.05) is 12.1 Å². The summed E-state index contributed by atoms with van der Waals surface area (Å²) in [5, 5.41) is 9.86. The maximum Gasteiger partial charge on any atom is 0.262 e. The number of nitrogens with zero attached hydrogens (tertiary/aromatic N) is 1. The molecule has 0 spiro atoms. The van der Waals surface area contributed by atoms with Crippen LogP contribution in [0.4, 0.5) is 5.69 Å². The van der Waals surface area contributed by atoms with E-state index < -0.39 is 0 Å². The number of carbonyl (C=O) groups excluding carboxylic acids is 1. The molecule has 0 unspecified atom stereocenters. The average Bonchev–Trinajstić information content (AvgIpc) is 2.46. The van der Waals surface area contributed by atoms with Crippen LogP contribution in [0.2, 0.25) is 0 Å². The molecular formula is C17H17NO2. The van der Waals surface area contributed by atoms with Crippen molar-refractivity contribution in [2.45, 2.75) is 19.8 Å². The number of carbonyl (C=O) groups is 1. The van der Waals surface area contributed by atoms with Gasteiger partial charge in [0.25, 0.3) is 5.91 Å². The number of amides is 1. The molecule has 0 radical (unpaired) electrons. The Morgan fingerprint density at radius 1 is 1.20 bits per heavy atom. The van der Waals surface area contributed by atoms with Gasteiger partial charge >= 0.3 is 0 Å². The van der Waals surface area contributed by atoms with Crippen molar-refractivity contribution >= 4 is 11.6 Å². The molecule has 0 saturated carbocycles. The van der Waals surface area contributed by atoms with Crippen LogP contribution in [0.5, 0.6) is 5.75 Å². The molecule has 1 aliphatic rings. The van der Waals surface area contributed by atoms with Gasteiger partial charge < -0.3 is 10.0 Å². The summed E-state index contributed by atoms with van der Waals surface area (Å²) in [7, 11) is 0. The monoisotopic (exact) mass is 267 g/mol. The van der Waals surface area contributed by atoms with Crippen molar-refractivity contribution in [2.75, 3.05) is 11.4 Å². The number of phenols is 1. The lowest BCUT2D eigenvalue weighted by Gasteiger charge is -2.30. The molecule has 1 aliphatic heterocycles. The average molecular weight is 267 g/mol. The van der Waals surface area contributed by atoms with Gasteiger partial charge in [-0.25, -0.2) is 0 Å². The first-order valence-electron chi connectivity index (χ1n) is 6.86. The number of aryl methyl sites for hydroxylation is 2. The topological polar surface area (TPSA) is 40.5 Å². The second-order valence-electron chi connectivity index (χ2n) is 5.21. The van der Waals surface area contributed by atoms with E-state index in [4.69, 9.17) is 0 Å². The van der Waals surface area contributed by atoms with E-state index in [9.17, 15) is 9.90 Å². The Hall–Kier alpha value is -2.29. The minimum absolute atomic E-state index is 0.0386. The van der Waals surface area contributed by atoms with Gasteiger partial charge in [0, 0.05) is 12.2 Å². The van der Waals surface area contributed by atoms with Gasteiger partial charge in [-0.05, 0) is 43.5 Å².